The number of esters is 1. The van der Waals surface area contributed by atoms with Crippen molar-refractivity contribution in [3.63, 3.8) is 0 Å². The molecule has 0 bridgehead atoms. The summed E-state index contributed by atoms with van der Waals surface area (Å²) < 4.78 is 5.22. The van der Waals surface area contributed by atoms with Crippen LogP contribution in [0.25, 0.3) is 0 Å². The first-order chi connectivity index (χ1) is 12.3. The van der Waals surface area contributed by atoms with Crippen molar-refractivity contribution in [2.45, 2.75) is 18.9 Å². The van der Waals surface area contributed by atoms with E-state index in [0.29, 0.717) is 12.5 Å². The van der Waals surface area contributed by atoms with Crippen LogP contribution in [0.1, 0.15) is 30.0 Å². The molecule has 0 aromatic heterocycles. The molecule has 1 fully saturated rings. The summed E-state index contributed by atoms with van der Waals surface area (Å²) in [4.78, 5) is 13.9. The molecule has 4 heteroatoms. The van der Waals surface area contributed by atoms with Crippen LogP contribution in [0.2, 0.25) is 0 Å². The van der Waals surface area contributed by atoms with Crippen molar-refractivity contribution in [2.75, 3.05) is 19.7 Å². The van der Waals surface area contributed by atoms with E-state index in [2.05, 4.69) is 53.4 Å². The minimum absolute atomic E-state index is 0.174. The molecule has 0 saturated carbocycles. The van der Waals surface area contributed by atoms with Gasteiger partial charge in [-0.2, -0.15) is 5.26 Å². The van der Waals surface area contributed by atoms with Gasteiger partial charge in [-0.15, -0.1) is 0 Å². The molecule has 0 N–H and O–H groups in total. The van der Waals surface area contributed by atoms with Gasteiger partial charge in [0, 0.05) is 12.5 Å². The second kappa shape index (κ2) is 8.46. The van der Waals surface area contributed by atoms with Crippen LogP contribution in [0.5, 0.6) is 0 Å². The van der Waals surface area contributed by atoms with Gasteiger partial charge in [0.1, 0.15) is 6.42 Å². The Labute approximate surface area is 148 Å². The number of hydrogen-bond acceptors (Lipinski definition) is 4. The highest BCUT2D eigenvalue weighted by atomic mass is 16.5. The Morgan fingerprint density at radius 2 is 1.72 bits per heavy atom. The molecule has 0 amide bonds. The molecule has 1 atom stereocenters. The van der Waals surface area contributed by atoms with Crippen LogP contribution in [0, 0.1) is 17.2 Å². The van der Waals surface area contributed by atoms with Crippen molar-refractivity contribution in [3.8, 4) is 6.07 Å². The summed E-state index contributed by atoms with van der Waals surface area (Å²) in [6.07, 6.45) is 0.823. The summed E-state index contributed by atoms with van der Waals surface area (Å²) in [6, 6.07) is 23.1. The standard InChI is InChI=1S/C21H22N2O2/c22-13-11-20(24)25-16-17-12-14-23(15-17)21(18-7-3-1-4-8-18)19-9-5-2-6-10-19/h1-10,17,21H,11-12,14-16H2. The van der Waals surface area contributed by atoms with Gasteiger partial charge < -0.3 is 4.74 Å². The predicted octanol–water partition coefficient (Wildman–Crippen LogP) is 3.55. The average Bonchev–Trinajstić information content (AvgIpc) is 3.11. The molecule has 0 spiro atoms. The van der Waals surface area contributed by atoms with Gasteiger partial charge in [-0.1, -0.05) is 60.7 Å². The monoisotopic (exact) mass is 334 g/mol. The van der Waals surface area contributed by atoms with Crippen molar-refractivity contribution in [1.82, 2.24) is 4.90 Å². The maximum Gasteiger partial charge on any atom is 0.320 e. The van der Waals surface area contributed by atoms with E-state index in [9.17, 15) is 4.79 Å². The van der Waals surface area contributed by atoms with Gasteiger partial charge in [-0.3, -0.25) is 9.69 Å². The molecular formula is C21H22N2O2. The molecule has 1 heterocycles. The maximum absolute atomic E-state index is 11.4. The average molecular weight is 334 g/mol. The Morgan fingerprint density at radius 1 is 1.12 bits per heavy atom. The van der Waals surface area contributed by atoms with Crippen LogP contribution in [0.15, 0.2) is 60.7 Å². The number of likely N-dealkylation sites (tertiary alicyclic amines) is 1. The zero-order valence-electron chi connectivity index (χ0n) is 14.2. The minimum atomic E-state index is -0.427. The third kappa shape index (κ3) is 4.46. The zero-order valence-corrected chi connectivity index (χ0v) is 14.2. The summed E-state index contributed by atoms with van der Waals surface area (Å²) in [5.41, 5.74) is 2.55. The van der Waals surface area contributed by atoms with E-state index in [-0.39, 0.29) is 12.5 Å². The van der Waals surface area contributed by atoms with Crippen LogP contribution >= 0.6 is 0 Å². The number of rotatable bonds is 6. The molecule has 0 aliphatic carbocycles. The van der Waals surface area contributed by atoms with E-state index in [1.165, 1.54) is 11.1 Å². The third-order valence-corrected chi connectivity index (χ3v) is 4.62. The first-order valence-corrected chi connectivity index (χ1v) is 8.64. The van der Waals surface area contributed by atoms with Crippen molar-refractivity contribution in [1.29, 1.82) is 5.26 Å². The van der Waals surface area contributed by atoms with Crippen molar-refractivity contribution in [3.05, 3.63) is 71.8 Å². The topological polar surface area (TPSA) is 53.3 Å². The molecule has 1 unspecified atom stereocenters. The van der Waals surface area contributed by atoms with Crippen LogP contribution in [-0.2, 0) is 9.53 Å². The summed E-state index contributed by atoms with van der Waals surface area (Å²) in [6.45, 7) is 2.25. The molecule has 4 nitrogen and oxygen atoms in total. The normalized spacial score (nSPS) is 17.4. The van der Waals surface area contributed by atoms with Gasteiger partial charge in [0.05, 0.1) is 18.7 Å². The summed E-state index contributed by atoms with van der Waals surface area (Å²) in [7, 11) is 0. The van der Waals surface area contributed by atoms with Gasteiger partial charge in [0.2, 0.25) is 0 Å². The number of benzene rings is 2. The Kier molecular flexibility index (Phi) is 5.81. The van der Waals surface area contributed by atoms with Gasteiger partial charge >= 0.3 is 5.97 Å². The summed E-state index contributed by atoms with van der Waals surface area (Å²) in [5.74, 6) is -0.110. The summed E-state index contributed by atoms with van der Waals surface area (Å²) >= 11 is 0. The van der Waals surface area contributed by atoms with Gasteiger partial charge in [-0.05, 0) is 24.1 Å². The molecule has 3 rings (SSSR count). The smallest absolute Gasteiger partial charge is 0.320 e. The van der Waals surface area contributed by atoms with Gasteiger partial charge in [0.25, 0.3) is 0 Å². The highest BCUT2D eigenvalue weighted by molar-refractivity contribution is 5.71. The Hall–Kier alpha value is -2.64. The third-order valence-electron chi connectivity index (χ3n) is 4.62. The number of hydrogen-bond donors (Lipinski definition) is 0. The lowest BCUT2D eigenvalue weighted by Crippen LogP contribution is -2.28. The van der Waals surface area contributed by atoms with E-state index in [1.807, 2.05) is 18.2 Å². The zero-order chi connectivity index (χ0) is 17.5. The Morgan fingerprint density at radius 3 is 2.28 bits per heavy atom. The van der Waals surface area contributed by atoms with E-state index < -0.39 is 5.97 Å². The molecule has 2 aromatic carbocycles. The number of carbonyl (C=O) groups excluding carboxylic acids is 1. The van der Waals surface area contributed by atoms with Gasteiger partial charge in [-0.25, -0.2) is 0 Å². The molecule has 0 radical (unpaired) electrons. The van der Waals surface area contributed by atoms with Crippen LogP contribution in [-0.4, -0.2) is 30.6 Å². The number of carbonyl (C=O) groups is 1. The molecular weight excluding hydrogens is 312 g/mol. The SMILES string of the molecule is N#CCC(=O)OCC1CCN(C(c2ccccc2)c2ccccc2)C1. The fourth-order valence-corrected chi connectivity index (χ4v) is 3.44. The first kappa shape index (κ1) is 17.2. The minimum Gasteiger partial charge on any atom is -0.465 e. The van der Waals surface area contributed by atoms with Crippen molar-refractivity contribution in [2.24, 2.45) is 5.92 Å². The lowest BCUT2D eigenvalue weighted by atomic mass is 9.97. The number of nitrogens with zero attached hydrogens (tertiary/aromatic N) is 2. The van der Waals surface area contributed by atoms with Crippen LogP contribution in [0.4, 0.5) is 0 Å². The lowest BCUT2D eigenvalue weighted by molar-refractivity contribution is -0.143. The van der Waals surface area contributed by atoms with E-state index in [4.69, 9.17) is 10.00 Å². The Bertz CT molecular complexity index is 685. The number of nitriles is 1. The van der Waals surface area contributed by atoms with Crippen molar-refractivity contribution >= 4 is 5.97 Å². The molecule has 128 valence electrons. The highest BCUT2D eigenvalue weighted by Gasteiger charge is 2.30. The van der Waals surface area contributed by atoms with E-state index >= 15 is 0 Å². The second-order valence-corrected chi connectivity index (χ2v) is 6.39. The van der Waals surface area contributed by atoms with Crippen molar-refractivity contribution < 1.29 is 9.53 Å². The lowest BCUT2D eigenvalue weighted by Gasteiger charge is -2.29. The van der Waals surface area contributed by atoms with E-state index in [0.717, 1.165) is 19.5 Å². The van der Waals surface area contributed by atoms with Crippen LogP contribution < -0.4 is 0 Å². The quantitative estimate of drug-likeness (QED) is 0.758. The first-order valence-electron chi connectivity index (χ1n) is 8.64. The number of ether oxygens (including phenoxy) is 1. The summed E-state index contributed by atoms with van der Waals surface area (Å²) in [5, 5.41) is 8.54. The second-order valence-electron chi connectivity index (χ2n) is 6.39. The highest BCUT2D eigenvalue weighted by Crippen LogP contribution is 2.33. The van der Waals surface area contributed by atoms with Gasteiger partial charge in [0.15, 0.2) is 0 Å². The van der Waals surface area contributed by atoms with Crippen LogP contribution in [0.3, 0.4) is 0 Å². The molecule has 1 aliphatic rings. The van der Waals surface area contributed by atoms with E-state index in [1.54, 1.807) is 0 Å². The largest absolute Gasteiger partial charge is 0.465 e. The molecule has 1 saturated heterocycles. The fraction of sp³-hybridized carbons (Fsp3) is 0.333. The molecule has 2 aromatic rings. The molecule has 25 heavy (non-hydrogen) atoms. The fourth-order valence-electron chi connectivity index (χ4n) is 3.44. The molecule has 1 aliphatic heterocycles. The maximum atomic E-state index is 11.4. The Balaban J connectivity index is 1.71. The predicted molar refractivity (Wildman–Crippen MR) is 95.6 cm³/mol.